The molecule has 2 aromatic carbocycles. The Morgan fingerprint density at radius 3 is 2.29 bits per heavy atom. The van der Waals surface area contributed by atoms with Gasteiger partial charge >= 0.3 is 0 Å². The highest BCUT2D eigenvalue weighted by molar-refractivity contribution is 6.06. The number of amides is 2. The van der Waals surface area contributed by atoms with E-state index in [0.29, 0.717) is 12.4 Å². The first-order chi connectivity index (χ1) is 13.7. The fourth-order valence-electron chi connectivity index (χ4n) is 4.57. The summed E-state index contributed by atoms with van der Waals surface area (Å²) in [4.78, 5) is 25.5. The molecule has 0 spiro atoms. The third-order valence-electron chi connectivity index (χ3n) is 5.92. The van der Waals surface area contributed by atoms with Gasteiger partial charge in [0.15, 0.2) is 0 Å². The minimum atomic E-state index is -0.232. The highest BCUT2D eigenvalue weighted by Crippen LogP contribution is 2.52. The molecule has 2 bridgehead atoms. The number of allylic oxidation sites excluding steroid dienone is 2. The minimum Gasteiger partial charge on any atom is -0.488 e. The van der Waals surface area contributed by atoms with Crippen LogP contribution < -0.4 is 4.74 Å². The van der Waals surface area contributed by atoms with Crippen molar-refractivity contribution >= 4 is 18.0 Å². The summed E-state index contributed by atoms with van der Waals surface area (Å²) in [5.41, 5.74) is 1.80. The third kappa shape index (κ3) is 2.74. The standard InChI is InChI=1S/C23H20N2O3/c26-22-20-16-10-11-17(12-16)21(20)23(27)25(22)24-13-18-8-4-5-9-19(18)28-14-15-6-2-1-3-7-15/h1-11,13,16-17,20-21H,12,14H2/b24-13-/t16-,17-,20-,21+/m0/s1. The van der Waals surface area contributed by atoms with Gasteiger partial charge in [-0.05, 0) is 36.0 Å². The Hall–Kier alpha value is -3.21. The normalized spacial score (nSPS) is 27.8. The molecule has 1 saturated carbocycles. The quantitative estimate of drug-likeness (QED) is 0.459. The van der Waals surface area contributed by atoms with E-state index in [-0.39, 0.29) is 35.5 Å². The fraction of sp³-hybridized carbons (Fsp3) is 0.261. The molecule has 2 fully saturated rings. The molecule has 0 N–H and O–H groups in total. The maximum atomic E-state index is 12.7. The molecule has 5 heteroatoms. The molecule has 2 aliphatic carbocycles. The monoisotopic (exact) mass is 372 g/mol. The number of carbonyl (C=O) groups is 2. The van der Waals surface area contributed by atoms with Crippen LogP contribution in [-0.4, -0.2) is 23.0 Å². The Kier molecular flexibility index (Phi) is 4.08. The van der Waals surface area contributed by atoms with Crippen molar-refractivity contribution in [2.45, 2.75) is 13.0 Å². The molecule has 1 heterocycles. The smallest absolute Gasteiger partial charge is 0.254 e. The van der Waals surface area contributed by atoms with Crippen molar-refractivity contribution in [3.05, 3.63) is 77.9 Å². The van der Waals surface area contributed by atoms with Crippen LogP contribution in [-0.2, 0) is 16.2 Å². The van der Waals surface area contributed by atoms with Gasteiger partial charge in [-0.2, -0.15) is 10.1 Å². The number of hydrogen-bond donors (Lipinski definition) is 0. The molecule has 0 unspecified atom stereocenters. The SMILES string of the molecule is O=C1[C@@H]2[C@H](C(=O)N1/N=C\c1ccccc1OCc1ccccc1)[C@H]1C=C[C@H]2C1. The number of imide groups is 1. The predicted octanol–water partition coefficient (Wildman–Crippen LogP) is 3.41. The second-order valence-electron chi connectivity index (χ2n) is 7.54. The van der Waals surface area contributed by atoms with Crippen LogP contribution in [0.15, 0.2) is 71.9 Å². The number of carbonyl (C=O) groups excluding carboxylic acids is 2. The molecule has 5 nitrogen and oxygen atoms in total. The van der Waals surface area contributed by atoms with E-state index >= 15 is 0 Å². The van der Waals surface area contributed by atoms with E-state index < -0.39 is 0 Å². The molecule has 28 heavy (non-hydrogen) atoms. The van der Waals surface area contributed by atoms with E-state index in [1.165, 1.54) is 0 Å². The zero-order valence-electron chi connectivity index (χ0n) is 15.3. The highest BCUT2D eigenvalue weighted by atomic mass is 16.5. The van der Waals surface area contributed by atoms with Crippen LogP contribution in [0, 0.1) is 23.7 Å². The van der Waals surface area contributed by atoms with Crippen molar-refractivity contribution in [2.75, 3.05) is 0 Å². The summed E-state index contributed by atoms with van der Waals surface area (Å²) < 4.78 is 5.92. The van der Waals surface area contributed by atoms with Gasteiger partial charge in [-0.25, -0.2) is 0 Å². The molecular formula is C23H20N2O3. The zero-order chi connectivity index (χ0) is 19.1. The van der Waals surface area contributed by atoms with Crippen molar-refractivity contribution in [1.82, 2.24) is 5.01 Å². The summed E-state index contributed by atoms with van der Waals surface area (Å²) in [5.74, 6) is 0.224. The Morgan fingerprint density at radius 1 is 0.929 bits per heavy atom. The van der Waals surface area contributed by atoms with Crippen LogP contribution in [0.25, 0.3) is 0 Å². The van der Waals surface area contributed by atoms with Crippen LogP contribution in [0.3, 0.4) is 0 Å². The molecule has 140 valence electrons. The van der Waals surface area contributed by atoms with Crippen molar-refractivity contribution < 1.29 is 14.3 Å². The van der Waals surface area contributed by atoms with E-state index in [4.69, 9.17) is 4.74 Å². The van der Waals surface area contributed by atoms with E-state index in [1.807, 2.05) is 54.6 Å². The first-order valence-electron chi connectivity index (χ1n) is 9.58. The Bertz CT molecular complexity index is 952. The minimum absolute atomic E-state index is 0.175. The lowest BCUT2D eigenvalue weighted by Gasteiger charge is -2.13. The van der Waals surface area contributed by atoms with Gasteiger partial charge in [0.2, 0.25) is 0 Å². The van der Waals surface area contributed by atoms with Crippen LogP contribution in [0.1, 0.15) is 17.5 Å². The number of hydrazone groups is 1. The number of para-hydroxylation sites is 1. The third-order valence-corrected chi connectivity index (χ3v) is 5.92. The number of ether oxygens (including phenoxy) is 1. The van der Waals surface area contributed by atoms with Crippen LogP contribution >= 0.6 is 0 Å². The topological polar surface area (TPSA) is 59.0 Å². The number of benzene rings is 2. The Labute approximate surface area is 163 Å². The van der Waals surface area contributed by atoms with E-state index in [2.05, 4.69) is 17.3 Å². The van der Waals surface area contributed by atoms with Gasteiger partial charge in [0.05, 0.1) is 18.1 Å². The summed E-state index contributed by atoms with van der Waals surface area (Å²) >= 11 is 0. The summed E-state index contributed by atoms with van der Waals surface area (Å²) in [6.07, 6.45) is 6.63. The van der Waals surface area contributed by atoms with Gasteiger partial charge in [-0.3, -0.25) is 9.59 Å². The van der Waals surface area contributed by atoms with Crippen LogP contribution in [0.5, 0.6) is 5.75 Å². The molecule has 4 atom stereocenters. The molecule has 1 saturated heterocycles. The predicted molar refractivity (Wildman–Crippen MR) is 104 cm³/mol. The van der Waals surface area contributed by atoms with Crippen molar-refractivity contribution in [3.8, 4) is 5.75 Å². The van der Waals surface area contributed by atoms with Gasteiger partial charge in [-0.1, -0.05) is 54.6 Å². The lowest BCUT2D eigenvalue weighted by Crippen LogP contribution is -2.28. The lowest BCUT2D eigenvalue weighted by molar-refractivity contribution is -0.140. The number of rotatable bonds is 5. The summed E-state index contributed by atoms with van der Waals surface area (Å²) in [7, 11) is 0. The maximum absolute atomic E-state index is 12.7. The van der Waals surface area contributed by atoms with E-state index in [0.717, 1.165) is 22.6 Å². The lowest BCUT2D eigenvalue weighted by atomic mass is 9.85. The van der Waals surface area contributed by atoms with Gasteiger partial charge < -0.3 is 4.74 Å². The van der Waals surface area contributed by atoms with Crippen molar-refractivity contribution in [1.29, 1.82) is 0 Å². The molecule has 5 rings (SSSR count). The highest BCUT2D eigenvalue weighted by Gasteiger charge is 2.59. The molecule has 1 aliphatic heterocycles. The molecule has 0 aromatic heterocycles. The van der Waals surface area contributed by atoms with Gasteiger partial charge in [0, 0.05) is 5.56 Å². The fourth-order valence-corrected chi connectivity index (χ4v) is 4.57. The van der Waals surface area contributed by atoms with Crippen LogP contribution in [0.2, 0.25) is 0 Å². The summed E-state index contributed by atoms with van der Waals surface area (Å²) in [6.45, 7) is 0.437. The Morgan fingerprint density at radius 2 is 1.57 bits per heavy atom. The number of hydrogen-bond acceptors (Lipinski definition) is 4. The first-order valence-corrected chi connectivity index (χ1v) is 9.58. The summed E-state index contributed by atoms with van der Waals surface area (Å²) in [5, 5.41) is 5.32. The van der Waals surface area contributed by atoms with Gasteiger partial charge in [0.1, 0.15) is 12.4 Å². The molecule has 2 aromatic rings. The molecular weight excluding hydrogens is 352 g/mol. The van der Waals surface area contributed by atoms with Crippen molar-refractivity contribution in [2.24, 2.45) is 28.8 Å². The largest absolute Gasteiger partial charge is 0.488 e. The zero-order valence-corrected chi connectivity index (χ0v) is 15.3. The van der Waals surface area contributed by atoms with Gasteiger partial charge in [-0.15, -0.1) is 0 Å². The molecule has 3 aliphatic rings. The molecule has 0 radical (unpaired) electrons. The van der Waals surface area contributed by atoms with Crippen molar-refractivity contribution in [3.63, 3.8) is 0 Å². The number of fused-ring (bicyclic) bond motifs is 5. The average molecular weight is 372 g/mol. The van der Waals surface area contributed by atoms with E-state index in [9.17, 15) is 9.59 Å². The van der Waals surface area contributed by atoms with Crippen LogP contribution in [0.4, 0.5) is 0 Å². The number of nitrogens with zero attached hydrogens (tertiary/aromatic N) is 2. The first kappa shape index (κ1) is 16.9. The second-order valence-corrected chi connectivity index (χ2v) is 7.54. The van der Waals surface area contributed by atoms with E-state index in [1.54, 1.807) is 6.21 Å². The second kappa shape index (κ2) is 6.75. The van der Waals surface area contributed by atoms with Gasteiger partial charge in [0.25, 0.3) is 11.8 Å². The maximum Gasteiger partial charge on any atom is 0.254 e. The summed E-state index contributed by atoms with van der Waals surface area (Å²) in [6, 6.07) is 17.4. The Balaban J connectivity index is 1.33. The molecule has 2 amide bonds. The average Bonchev–Trinajstić information content (AvgIpc) is 3.41.